The minimum absolute atomic E-state index is 0.0696. The molecule has 3 fully saturated rings. The molecule has 3 aromatic rings. The van der Waals surface area contributed by atoms with Crippen molar-refractivity contribution in [2.75, 3.05) is 19.7 Å². The van der Waals surface area contributed by atoms with Crippen LogP contribution in [0.1, 0.15) is 30.1 Å². The van der Waals surface area contributed by atoms with E-state index in [1.807, 2.05) is 60.8 Å². The third-order valence-corrected chi connectivity index (χ3v) is 7.08. The van der Waals surface area contributed by atoms with E-state index in [9.17, 15) is 4.79 Å². The van der Waals surface area contributed by atoms with Gasteiger partial charge in [0.1, 0.15) is 12.7 Å². The van der Waals surface area contributed by atoms with Crippen molar-refractivity contribution in [2.45, 2.75) is 31.6 Å². The Morgan fingerprint density at radius 3 is 2.76 bits per heavy atom. The number of ether oxygens (including phenoxy) is 2. The average Bonchev–Trinajstić information content (AvgIpc) is 2.88. The SMILES string of the molecule is C=C[C@H]1CN2CC[C@@H]1C[C@@H]2[C@@H](OC(=O)COCc1ccccc1)c1ccnc2ccccc12. The van der Waals surface area contributed by atoms with Crippen LogP contribution in [0.5, 0.6) is 0 Å². The highest BCUT2D eigenvalue weighted by molar-refractivity contribution is 5.83. The Labute approximate surface area is 195 Å². The van der Waals surface area contributed by atoms with Crippen LogP contribution in [0.25, 0.3) is 10.9 Å². The summed E-state index contributed by atoms with van der Waals surface area (Å²) in [5, 5.41) is 1.03. The zero-order chi connectivity index (χ0) is 22.6. The maximum absolute atomic E-state index is 12.9. The molecule has 3 saturated heterocycles. The summed E-state index contributed by atoms with van der Waals surface area (Å²) in [6.45, 7) is 6.36. The fourth-order valence-electron chi connectivity index (χ4n) is 5.41. The molecule has 2 aromatic carbocycles. The molecule has 1 unspecified atom stereocenters. The number of aromatic nitrogens is 1. The Bertz CT molecular complexity index is 1110. The largest absolute Gasteiger partial charge is 0.454 e. The number of piperidine rings is 3. The zero-order valence-corrected chi connectivity index (χ0v) is 18.8. The maximum Gasteiger partial charge on any atom is 0.332 e. The number of fused-ring (bicyclic) bond motifs is 4. The molecule has 0 spiro atoms. The van der Waals surface area contributed by atoms with Gasteiger partial charge in [-0.05, 0) is 48.9 Å². The van der Waals surface area contributed by atoms with Crippen molar-refractivity contribution in [1.29, 1.82) is 0 Å². The van der Waals surface area contributed by atoms with Crippen LogP contribution < -0.4 is 0 Å². The fraction of sp³-hybridized carbons (Fsp3) is 0.357. The van der Waals surface area contributed by atoms with Crippen LogP contribution in [-0.4, -0.2) is 41.6 Å². The lowest BCUT2D eigenvalue weighted by Gasteiger charge is -2.51. The Morgan fingerprint density at radius 2 is 1.97 bits per heavy atom. The third-order valence-electron chi connectivity index (χ3n) is 7.08. The minimum Gasteiger partial charge on any atom is -0.454 e. The van der Waals surface area contributed by atoms with Gasteiger partial charge in [0, 0.05) is 23.7 Å². The quantitative estimate of drug-likeness (QED) is 0.366. The summed E-state index contributed by atoms with van der Waals surface area (Å²) < 4.78 is 11.9. The number of hydrogen-bond donors (Lipinski definition) is 0. The topological polar surface area (TPSA) is 51.7 Å². The molecule has 6 rings (SSSR count). The van der Waals surface area contributed by atoms with E-state index in [2.05, 4.69) is 28.6 Å². The molecule has 170 valence electrons. The van der Waals surface area contributed by atoms with Crippen LogP contribution in [0.2, 0.25) is 0 Å². The van der Waals surface area contributed by atoms with Gasteiger partial charge >= 0.3 is 5.97 Å². The van der Waals surface area contributed by atoms with Gasteiger partial charge in [0.05, 0.1) is 18.2 Å². The highest BCUT2D eigenvalue weighted by Crippen LogP contribution is 2.43. The molecule has 3 aliphatic heterocycles. The van der Waals surface area contributed by atoms with E-state index in [0.717, 1.165) is 41.5 Å². The number of carbonyl (C=O) groups is 1. The molecule has 0 N–H and O–H groups in total. The summed E-state index contributed by atoms with van der Waals surface area (Å²) in [6.07, 6.45) is 5.71. The molecule has 2 bridgehead atoms. The molecule has 0 saturated carbocycles. The van der Waals surface area contributed by atoms with Crippen LogP contribution in [0, 0.1) is 11.8 Å². The minimum atomic E-state index is -0.362. The van der Waals surface area contributed by atoms with Gasteiger partial charge in [-0.1, -0.05) is 54.6 Å². The molecule has 1 aromatic heterocycles. The van der Waals surface area contributed by atoms with Crippen molar-refractivity contribution in [3.8, 4) is 0 Å². The zero-order valence-electron chi connectivity index (χ0n) is 18.8. The standard InChI is InChI=1S/C28H30N2O3/c1-2-21-17-30-15-13-22(21)16-26(30)28(24-12-14-29-25-11-7-6-10-23(24)25)33-27(31)19-32-18-20-8-4-3-5-9-20/h2-12,14,21-22,26,28H,1,13,15-19H2/t21-,22+,26+,28-/m0/s1. The predicted octanol–water partition coefficient (Wildman–Crippen LogP) is 4.93. The molecule has 5 atom stereocenters. The second-order valence-electron chi connectivity index (χ2n) is 9.05. The fourth-order valence-corrected chi connectivity index (χ4v) is 5.41. The summed E-state index contributed by atoms with van der Waals surface area (Å²) in [7, 11) is 0. The number of carbonyl (C=O) groups excluding carboxylic acids is 1. The Kier molecular flexibility index (Phi) is 6.51. The Morgan fingerprint density at radius 1 is 1.15 bits per heavy atom. The molecule has 33 heavy (non-hydrogen) atoms. The first-order chi connectivity index (χ1) is 16.2. The van der Waals surface area contributed by atoms with E-state index in [4.69, 9.17) is 9.47 Å². The highest BCUT2D eigenvalue weighted by Gasteiger charge is 2.44. The molecular weight excluding hydrogens is 412 g/mol. The van der Waals surface area contributed by atoms with Gasteiger partial charge in [-0.15, -0.1) is 6.58 Å². The van der Waals surface area contributed by atoms with E-state index >= 15 is 0 Å². The van der Waals surface area contributed by atoms with Gasteiger partial charge < -0.3 is 9.47 Å². The predicted molar refractivity (Wildman–Crippen MR) is 128 cm³/mol. The second-order valence-corrected chi connectivity index (χ2v) is 9.05. The van der Waals surface area contributed by atoms with Crippen LogP contribution in [-0.2, 0) is 20.9 Å². The summed E-state index contributed by atoms with van der Waals surface area (Å²) in [4.78, 5) is 19.9. The number of benzene rings is 2. The first-order valence-corrected chi connectivity index (χ1v) is 11.7. The monoisotopic (exact) mass is 442 g/mol. The summed E-state index contributed by atoms with van der Waals surface area (Å²) >= 11 is 0. The first-order valence-electron chi connectivity index (χ1n) is 11.7. The van der Waals surface area contributed by atoms with Gasteiger partial charge in [0.15, 0.2) is 0 Å². The molecule has 3 aliphatic rings. The number of para-hydroxylation sites is 1. The lowest BCUT2D eigenvalue weighted by atomic mass is 9.73. The Hall–Kier alpha value is -3.02. The van der Waals surface area contributed by atoms with E-state index < -0.39 is 0 Å². The van der Waals surface area contributed by atoms with E-state index in [1.165, 1.54) is 6.42 Å². The van der Waals surface area contributed by atoms with Crippen molar-refractivity contribution in [1.82, 2.24) is 9.88 Å². The van der Waals surface area contributed by atoms with E-state index in [0.29, 0.717) is 18.4 Å². The number of nitrogens with zero attached hydrogens (tertiary/aromatic N) is 2. The Balaban J connectivity index is 1.37. The summed E-state index contributed by atoms with van der Waals surface area (Å²) in [5.41, 5.74) is 2.97. The molecule has 0 amide bonds. The van der Waals surface area contributed by atoms with Gasteiger partial charge in [-0.25, -0.2) is 4.79 Å². The van der Waals surface area contributed by atoms with Crippen molar-refractivity contribution < 1.29 is 14.3 Å². The normalized spacial score (nSPS) is 25.0. The van der Waals surface area contributed by atoms with Crippen molar-refractivity contribution >= 4 is 16.9 Å². The maximum atomic E-state index is 12.9. The van der Waals surface area contributed by atoms with Crippen LogP contribution >= 0.6 is 0 Å². The first kappa shape index (κ1) is 21.8. The van der Waals surface area contributed by atoms with Crippen LogP contribution in [0.4, 0.5) is 0 Å². The van der Waals surface area contributed by atoms with Crippen molar-refractivity contribution in [3.63, 3.8) is 0 Å². The third kappa shape index (κ3) is 4.70. The smallest absolute Gasteiger partial charge is 0.332 e. The van der Waals surface area contributed by atoms with Gasteiger partial charge in [0.2, 0.25) is 0 Å². The summed E-state index contributed by atoms with van der Waals surface area (Å²) in [6, 6.07) is 20.1. The summed E-state index contributed by atoms with van der Waals surface area (Å²) in [5.74, 6) is 0.760. The highest BCUT2D eigenvalue weighted by atomic mass is 16.6. The second kappa shape index (κ2) is 9.86. The molecule has 4 heterocycles. The van der Waals surface area contributed by atoms with Crippen LogP contribution in [0.3, 0.4) is 0 Å². The van der Waals surface area contributed by atoms with Crippen molar-refractivity contribution in [2.24, 2.45) is 11.8 Å². The molecule has 5 nitrogen and oxygen atoms in total. The van der Waals surface area contributed by atoms with Crippen LogP contribution in [0.15, 0.2) is 79.5 Å². The van der Waals surface area contributed by atoms with Gasteiger partial charge in [-0.3, -0.25) is 9.88 Å². The van der Waals surface area contributed by atoms with Crippen molar-refractivity contribution in [3.05, 3.63) is 90.6 Å². The number of esters is 1. The average molecular weight is 443 g/mol. The van der Waals surface area contributed by atoms with E-state index in [-0.39, 0.29) is 24.7 Å². The van der Waals surface area contributed by atoms with Gasteiger partial charge in [0.25, 0.3) is 0 Å². The molecule has 5 heteroatoms. The van der Waals surface area contributed by atoms with Gasteiger partial charge in [-0.2, -0.15) is 0 Å². The number of rotatable bonds is 8. The molecule has 0 radical (unpaired) electrons. The molecule has 0 aliphatic carbocycles. The van der Waals surface area contributed by atoms with E-state index in [1.54, 1.807) is 0 Å². The molecular formula is C28H30N2O3. The number of pyridine rings is 1. The lowest BCUT2D eigenvalue weighted by molar-refractivity contribution is -0.162. The number of hydrogen-bond acceptors (Lipinski definition) is 5. The lowest BCUT2D eigenvalue weighted by Crippen LogP contribution is -2.55.